The summed E-state index contributed by atoms with van der Waals surface area (Å²) >= 11 is 3.33. The fourth-order valence-electron chi connectivity index (χ4n) is 1.66. The Morgan fingerprint density at radius 1 is 1.42 bits per heavy atom. The van der Waals surface area contributed by atoms with Crippen molar-refractivity contribution < 1.29 is 4.79 Å². The molecule has 1 amide bonds. The van der Waals surface area contributed by atoms with E-state index in [2.05, 4.69) is 36.4 Å². The van der Waals surface area contributed by atoms with E-state index in [1.54, 1.807) is 19.3 Å². The van der Waals surface area contributed by atoms with E-state index >= 15 is 0 Å². The van der Waals surface area contributed by atoms with Crippen molar-refractivity contribution in [2.45, 2.75) is 12.8 Å². The summed E-state index contributed by atoms with van der Waals surface area (Å²) < 4.78 is 0.796. The maximum absolute atomic E-state index is 12.1. The lowest BCUT2D eigenvalue weighted by Gasteiger charge is -2.11. The molecule has 106 valence electrons. The Balaban J connectivity index is 2.47. The number of carbonyl (C=O) groups is 1. The summed E-state index contributed by atoms with van der Waals surface area (Å²) in [6, 6.07) is 1.77. The number of nitrogens with one attached hydrogen (secondary N) is 2. The van der Waals surface area contributed by atoms with Gasteiger partial charge in [0, 0.05) is 24.3 Å². The Morgan fingerprint density at radius 2 is 2.16 bits per heavy atom. The van der Waals surface area contributed by atoms with Crippen molar-refractivity contribution in [1.82, 2.24) is 15.2 Å². The van der Waals surface area contributed by atoms with Gasteiger partial charge >= 0.3 is 0 Å². The summed E-state index contributed by atoms with van der Waals surface area (Å²) in [4.78, 5) is 18.3. The van der Waals surface area contributed by atoms with Crippen molar-refractivity contribution in [2.24, 2.45) is 0 Å². The first-order valence-corrected chi connectivity index (χ1v) is 7.10. The van der Waals surface area contributed by atoms with Gasteiger partial charge in [-0.15, -0.1) is 0 Å². The zero-order valence-corrected chi connectivity index (χ0v) is 13.2. The predicted octanol–water partition coefficient (Wildman–Crippen LogP) is 1.96. The second kappa shape index (κ2) is 8.12. The Kier molecular flexibility index (Phi) is 6.80. The smallest absolute Gasteiger partial charge is 0.255 e. The molecule has 19 heavy (non-hydrogen) atoms. The first-order chi connectivity index (χ1) is 9.04. The van der Waals surface area contributed by atoms with Crippen LogP contribution < -0.4 is 10.6 Å². The van der Waals surface area contributed by atoms with Gasteiger partial charge in [-0.25, -0.2) is 4.98 Å². The van der Waals surface area contributed by atoms with Gasteiger partial charge in [-0.1, -0.05) is 0 Å². The molecule has 0 aliphatic heterocycles. The molecule has 0 bridgehead atoms. The summed E-state index contributed by atoms with van der Waals surface area (Å²) in [7, 11) is 5.85. The molecule has 0 saturated heterocycles. The number of aromatic nitrogens is 1. The molecular formula is C13H21BrN4O. The molecule has 0 aliphatic rings. The number of hydrogen-bond donors (Lipinski definition) is 2. The minimum Gasteiger partial charge on any atom is -0.372 e. The zero-order valence-electron chi connectivity index (χ0n) is 11.7. The Bertz CT molecular complexity index is 423. The van der Waals surface area contributed by atoms with Gasteiger partial charge in [0.05, 0.1) is 5.56 Å². The molecule has 0 aromatic carbocycles. The maximum Gasteiger partial charge on any atom is 0.255 e. The van der Waals surface area contributed by atoms with Gasteiger partial charge in [0.15, 0.2) is 0 Å². The van der Waals surface area contributed by atoms with E-state index in [1.165, 1.54) is 0 Å². The van der Waals surface area contributed by atoms with Gasteiger partial charge in [-0.2, -0.15) is 0 Å². The van der Waals surface area contributed by atoms with E-state index in [9.17, 15) is 4.79 Å². The van der Waals surface area contributed by atoms with Crippen LogP contribution in [0.2, 0.25) is 0 Å². The third-order valence-electron chi connectivity index (χ3n) is 2.65. The van der Waals surface area contributed by atoms with Gasteiger partial charge in [0.1, 0.15) is 5.82 Å². The molecule has 0 radical (unpaired) electrons. The number of unbranched alkanes of at least 4 members (excludes halogenated alkanes) is 1. The highest BCUT2D eigenvalue weighted by Gasteiger charge is 2.11. The Morgan fingerprint density at radius 3 is 2.79 bits per heavy atom. The van der Waals surface area contributed by atoms with Crippen molar-refractivity contribution >= 4 is 27.7 Å². The first kappa shape index (κ1) is 15.9. The van der Waals surface area contributed by atoms with Crippen LogP contribution >= 0.6 is 15.9 Å². The fraction of sp³-hybridized carbons (Fsp3) is 0.538. The molecule has 0 atom stereocenters. The van der Waals surface area contributed by atoms with E-state index in [1.807, 2.05) is 14.1 Å². The molecule has 1 aromatic heterocycles. The highest BCUT2D eigenvalue weighted by molar-refractivity contribution is 9.10. The number of nitrogens with zero attached hydrogens (tertiary/aromatic N) is 2. The van der Waals surface area contributed by atoms with Crippen molar-refractivity contribution in [3.63, 3.8) is 0 Å². The Labute approximate surface area is 122 Å². The molecule has 0 aliphatic carbocycles. The van der Waals surface area contributed by atoms with Crippen LogP contribution in [-0.2, 0) is 0 Å². The molecule has 0 spiro atoms. The monoisotopic (exact) mass is 328 g/mol. The number of pyridine rings is 1. The quantitative estimate of drug-likeness (QED) is 0.751. The number of hydrogen-bond acceptors (Lipinski definition) is 4. The lowest BCUT2D eigenvalue weighted by atomic mass is 10.2. The lowest BCUT2D eigenvalue weighted by molar-refractivity contribution is 0.0953. The average Bonchev–Trinajstić information content (AvgIpc) is 2.37. The molecular weight excluding hydrogens is 308 g/mol. The largest absolute Gasteiger partial charge is 0.372 e. The second-order valence-corrected chi connectivity index (χ2v) is 5.48. The molecule has 1 aromatic rings. The third kappa shape index (κ3) is 5.57. The SMILES string of the molecule is CNc1ncc(Br)cc1C(=O)NCCCCN(C)C. The summed E-state index contributed by atoms with van der Waals surface area (Å²) in [5.41, 5.74) is 0.560. The van der Waals surface area contributed by atoms with Crippen LogP contribution in [0.4, 0.5) is 5.82 Å². The molecule has 2 N–H and O–H groups in total. The van der Waals surface area contributed by atoms with Crippen LogP contribution in [0.15, 0.2) is 16.7 Å². The predicted molar refractivity (Wildman–Crippen MR) is 81.6 cm³/mol. The van der Waals surface area contributed by atoms with Crippen molar-refractivity contribution in [3.05, 3.63) is 22.3 Å². The zero-order chi connectivity index (χ0) is 14.3. The molecule has 0 saturated carbocycles. The molecule has 1 heterocycles. The average molecular weight is 329 g/mol. The van der Waals surface area contributed by atoms with Gasteiger partial charge in [0.2, 0.25) is 0 Å². The van der Waals surface area contributed by atoms with Crippen LogP contribution in [-0.4, -0.2) is 50.0 Å². The summed E-state index contributed by atoms with van der Waals surface area (Å²) in [5.74, 6) is 0.497. The number of amides is 1. The second-order valence-electron chi connectivity index (χ2n) is 4.57. The van der Waals surface area contributed by atoms with Crippen molar-refractivity contribution in [3.8, 4) is 0 Å². The summed E-state index contributed by atoms with van der Waals surface area (Å²) in [6.45, 7) is 1.72. The van der Waals surface area contributed by atoms with E-state index < -0.39 is 0 Å². The fourth-order valence-corrected chi connectivity index (χ4v) is 1.99. The summed E-state index contributed by atoms with van der Waals surface area (Å²) in [5, 5.41) is 5.84. The minimum atomic E-state index is -0.0944. The highest BCUT2D eigenvalue weighted by atomic mass is 79.9. The molecule has 0 fully saturated rings. The van der Waals surface area contributed by atoms with E-state index in [-0.39, 0.29) is 5.91 Å². The van der Waals surface area contributed by atoms with Crippen LogP contribution in [0.3, 0.4) is 0 Å². The molecule has 5 nitrogen and oxygen atoms in total. The molecule has 6 heteroatoms. The van der Waals surface area contributed by atoms with Crippen molar-refractivity contribution in [2.75, 3.05) is 39.5 Å². The first-order valence-electron chi connectivity index (χ1n) is 6.31. The molecule has 0 unspecified atom stereocenters. The minimum absolute atomic E-state index is 0.0944. The van der Waals surface area contributed by atoms with E-state index in [0.717, 1.165) is 23.9 Å². The van der Waals surface area contributed by atoms with Crippen molar-refractivity contribution in [1.29, 1.82) is 0 Å². The third-order valence-corrected chi connectivity index (χ3v) is 3.09. The molecule has 1 rings (SSSR count). The maximum atomic E-state index is 12.1. The van der Waals surface area contributed by atoms with Gasteiger partial charge in [-0.3, -0.25) is 4.79 Å². The van der Waals surface area contributed by atoms with Crippen LogP contribution in [0, 0.1) is 0 Å². The lowest BCUT2D eigenvalue weighted by Crippen LogP contribution is -2.26. The van der Waals surface area contributed by atoms with Crippen LogP contribution in [0.25, 0.3) is 0 Å². The van der Waals surface area contributed by atoms with Crippen LogP contribution in [0.1, 0.15) is 23.2 Å². The normalized spacial score (nSPS) is 10.6. The Hall–Kier alpha value is -1.14. The topological polar surface area (TPSA) is 57.3 Å². The van der Waals surface area contributed by atoms with E-state index in [0.29, 0.717) is 17.9 Å². The number of rotatable bonds is 7. The standard InChI is InChI=1S/C13H21BrN4O/c1-15-12-11(8-10(14)9-17-12)13(19)16-6-4-5-7-18(2)3/h8-9H,4-7H2,1-3H3,(H,15,17)(H,16,19). The highest BCUT2D eigenvalue weighted by Crippen LogP contribution is 2.17. The van der Waals surface area contributed by atoms with Gasteiger partial charge in [-0.05, 0) is 55.5 Å². The number of halogens is 1. The van der Waals surface area contributed by atoms with Gasteiger partial charge < -0.3 is 15.5 Å². The number of carbonyl (C=O) groups excluding carboxylic acids is 1. The van der Waals surface area contributed by atoms with E-state index in [4.69, 9.17) is 0 Å². The van der Waals surface area contributed by atoms with Gasteiger partial charge in [0.25, 0.3) is 5.91 Å². The summed E-state index contributed by atoms with van der Waals surface area (Å²) in [6.07, 6.45) is 3.71. The number of anilines is 1. The van der Waals surface area contributed by atoms with Crippen LogP contribution in [0.5, 0.6) is 0 Å².